The molecule has 0 saturated heterocycles. The molecule has 0 saturated carbocycles. The molecule has 2 atom stereocenters. The number of benzene rings is 1. The van der Waals surface area contributed by atoms with E-state index in [-0.39, 0.29) is 23.4 Å². The highest BCUT2D eigenvalue weighted by atomic mass is 16.2. The van der Waals surface area contributed by atoms with Gasteiger partial charge in [0.1, 0.15) is 0 Å². The summed E-state index contributed by atoms with van der Waals surface area (Å²) in [6.45, 7) is 12.5. The molecular formula is C20H32N2O. The number of nitrogens with two attached hydrogens (primary N) is 1. The number of carbonyl (C=O) groups excluding carboxylic acids is 1. The third kappa shape index (κ3) is 4.14. The van der Waals surface area contributed by atoms with Gasteiger partial charge in [0.25, 0.3) is 0 Å². The van der Waals surface area contributed by atoms with Gasteiger partial charge in [-0.3, -0.25) is 4.79 Å². The zero-order valence-electron chi connectivity index (χ0n) is 15.5. The van der Waals surface area contributed by atoms with Gasteiger partial charge in [0.05, 0.1) is 0 Å². The summed E-state index contributed by atoms with van der Waals surface area (Å²) in [7, 11) is 0. The van der Waals surface area contributed by atoms with E-state index in [1.54, 1.807) is 0 Å². The summed E-state index contributed by atoms with van der Waals surface area (Å²) in [5, 5.41) is 0. The first-order valence-corrected chi connectivity index (χ1v) is 8.80. The highest BCUT2D eigenvalue weighted by Gasteiger charge is 2.36. The van der Waals surface area contributed by atoms with Crippen LogP contribution in [0.3, 0.4) is 0 Å². The van der Waals surface area contributed by atoms with Gasteiger partial charge in [0, 0.05) is 23.2 Å². The number of nitrogens with zero attached hydrogens (tertiary/aromatic N) is 1. The fourth-order valence-corrected chi connectivity index (χ4v) is 3.47. The number of hydrogen-bond acceptors (Lipinski definition) is 2. The van der Waals surface area contributed by atoms with Gasteiger partial charge in [-0.2, -0.15) is 0 Å². The summed E-state index contributed by atoms with van der Waals surface area (Å²) < 4.78 is 0. The van der Waals surface area contributed by atoms with Crippen LogP contribution in [-0.4, -0.2) is 18.0 Å². The molecule has 1 aromatic rings. The van der Waals surface area contributed by atoms with Gasteiger partial charge >= 0.3 is 0 Å². The predicted octanol–water partition coefficient (Wildman–Crippen LogP) is 3.93. The zero-order chi connectivity index (χ0) is 17.4. The van der Waals surface area contributed by atoms with Crippen molar-refractivity contribution >= 4 is 11.6 Å². The molecule has 0 bridgehead atoms. The Labute approximate surface area is 141 Å². The SMILES string of the molecule is CC(C)CC(N)Cc1ccc2c(c1)CC(C)N2C(=O)C(C)(C)C. The van der Waals surface area contributed by atoms with Crippen molar-refractivity contribution < 1.29 is 4.79 Å². The highest BCUT2D eigenvalue weighted by molar-refractivity contribution is 5.99. The number of hydrogen-bond donors (Lipinski definition) is 1. The minimum absolute atomic E-state index is 0.202. The van der Waals surface area contributed by atoms with E-state index in [9.17, 15) is 4.79 Å². The Hall–Kier alpha value is -1.35. The second-order valence-electron chi connectivity index (χ2n) is 8.54. The van der Waals surface area contributed by atoms with Crippen LogP contribution >= 0.6 is 0 Å². The molecule has 2 N–H and O–H groups in total. The molecule has 0 aliphatic carbocycles. The molecule has 3 nitrogen and oxygen atoms in total. The van der Waals surface area contributed by atoms with Crippen LogP contribution in [0.25, 0.3) is 0 Å². The van der Waals surface area contributed by atoms with Gasteiger partial charge < -0.3 is 10.6 Å². The average Bonchev–Trinajstić information content (AvgIpc) is 2.70. The third-order valence-electron chi connectivity index (χ3n) is 4.49. The average molecular weight is 316 g/mol. The highest BCUT2D eigenvalue weighted by Crippen LogP contribution is 2.36. The Morgan fingerprint density at radius 2 is 2.00 bits per heavy atom. The van der Waals surface area contributed by atoms with Crippen molar-refractivity contribution in [3.05, 3.63) is 29.3 Å². The van der Waals surface area contributed by atoms with Gasteiger partial charge in [0.2, 0.25) is 5.91 Å². The van der Waals surface area contributed by atoms with E-state index in [1.807, 2.05) is 25.7 Å². The fraction of sp³-hybridized carbons (Fsp3) is 0.650. The molecule has 0 aromatic heterocycles. The van der Waals surface area contributed by atoms with Crippen molar-refractivity contribution in [3.63, 3.8) is 0 Å². The molecule has 0 fully saturated rings. The molecule has 2 unspecified atom stereocenters. The summed E-state index contributed by atoms with van der Waals surface area (Å²) >= 11 is 0. The molecule has 1 aliphatic heterocycles. The van der Waals surface area contributed by atoms with Crippen molar-refractivity contribution in [3.8, 4) is 0 Å². The fourth-order valence-electron chi connectivity index (χ4n) is 3.47. The van der Waals surface area contributed by atoms with Crippen LogP contribution in [0, 0.1) is 11.3 Å². The first kappa shape index (κ1) is 18.0. The lowest BCUT2D eigenvalue weighted by Crippen LogP contribution is -2.42. The lowest BCUT2D eigenvalue weighted by molar-refractivity contribution is -0.126. The topological polar surface area (TPSA) is 46.3 Å². The number of rotatable bonds is 4. The Morgan fingerprint density at radius 3 is 2.57 bits per heavy atom. The maximum atomic E-state index is 12.7. The van der Waals surface area contributed by atoms with Crippen LogP contribution in [0.5, 0.6) is 0 Å². The smallest absolute Gasteiger partial charge is 0.232 e. The summed E-state index contributed by atoms with van der Waals surface area (Å²) in [6.07, 6.45) is 2.89. The monoisotopic (exact) mass is 316 g/mol. The molecule has 3 heteroatoms. The summed E-state index contributed by atoms with van der Waals surface area (Å²) in [6, 6.07) is 6.94. The van der Waals surface area contributed by atoms with Gasteiger partial charge in [0.15, 0.2) is 0 Å². The largest absolute Gasteiger partial charge is 0.327 e. The van der Waals surface area contributed by atoms with Gasteiger partial charge in [-0.15, -0.1) is 0 Å². The second-order valence-corrected chi connectivity index (χ2v) is 8.54. The van der Waals surface area contributed by atoms with Crippen LogP contribution in [0.2, 0.25) is 0 Å². The molecule has 1 aromatic carbocycles. The van der Waals surface area contributed by atoms with Crippen LogP contribution < -0.4 is 10.6 Å². The quantitative estimate of drug-likeness (QED) is 0.915. The molecule has 2 rings (SSSR count). The molecule has 1 aliphatic rings. The molecule has 1 amide bonds. The van der Waals surface area contributed by atoms with Crippen LogP contribution in [0.15, 0.2) is 18.2 Å². The van der Waals surface area contributed by atoms with E-state index in [2.05, 4.69) is 39.0 Å². The number of anilines is 1. The molecular weight excluding hydrogens is 284 g/mol. The van der Waals surface area contributed by atoms with Gasteiger partial charge in [-0.1, -0.05) is 46.8 Å². The van der Waals surface area contributed by atoms with Crippen LogP contribution in [0.1, 0.15) is 59.1 Å². The van der Waals surface area contributed by atoms with Crippen LogP contribution in [-0.2, 0) is 17.6 Å². The van der Waals surface area contributed by atoms with Gasteiger partial charge in [-0.25, -0.2) is 0 Å². The van der Waals surface area contributed by atoms with E-state index >= 15 is 0 Å². The van der Waals surface area contributed by atoms with E-state index in [1.165, 1.54) is 11.1 Å². The lowest BCUT2D eigenvalue weighted by atomic mass is 9.94. The standard InChI is InChI=1S/C20H32N2O/c1-13(2)9-17(21)12-15-7-8-18-16(11-15)10-14(3)22(18)19(23)20(4,5)6/h7-8,11,13-14,17H,9-10,12,21H2,1-6H3. The normalized spacial score (nSPS) is 19.1. The van der Waals surface area contributed by atoms with Crippen molar-refractivity contribution in [1.82, 2.24) is 0 Å². The number of amides is 1. The molecule has 128 valence electrons. The predicted molar refractivity (Wildman–Crippen MR) is 97.7 cm³/mol. The maximum absolute atomic E-state index is 12.7. The Balaban J connectivity index is 2.20. The molecule has 23 heavy (non-hydrogen) atoms. The zero-order valence-corrected chi connectivity index (χ0v) is 15.5. The summed E-state index contributed by atoms with van der Waals surface area (Å²) in [4.78, 5) is 14.7. The van der Waals surface area contributed by atoms with Crippen molar-refractivity contribution in [1.29, 1.82) is 0 Å². The first-order valence-electron chi connectivity index (χ1n) is 8.80. The van der Waals surface area contributed by atoms with Gasteiger partial charge in [-0.05, 0) is 49.3 Å². The van der Waals surface area contributed by atoms with E-state index in [4.69, 9.17) is 5.73 Å². The molecule has 1 heterocycles. The Morgan fingerprint density at radius 1 is 1.35 bits per heavy atom. The van der Waals surface area contributed by atoms with Crippen molar-refractivity contribution in [2.75, 3.05) is 4.90 Å². The van der Waals surface area contributed by atoms with Crippen molar-refractivity contribution in [2.24, 2.45) is 17.1 Å². The lowest BCUT2D eigenvalue weighted by Gasteiger charge is -2.30. The second kappa shape index (κ2) is 6.64. The minimum Gasteiger partial charge on any atom is -0.327 e. The Kier molecular flexibility index (Phi) is 5.20. The van der Waals surface area contributed by atoms with E-state index < -0.39 is 0 Å². The first-order chi connectivity index (χ1) is 10.6. The number of fused-ring (bicyclic) bond motifs is 1. The van der Waals surface area contributed by atoms with E-state index in [0.29, 0.717) is 5.92 Å². The third-order valence-corrected chi connectivity index (χ3v) is 4.49. The molecule has 0 radical (unpaired) electrons. The number of carbonyl (C=O) groups is 1. The maximum Gasteiger partial charge on any atom is 0.232 e. The summed E-state index contributed by atoms with van der Waals surface area (Å²) in [5.41, 5.74) is 9.54. The minimum atomic E-state index is -0.353. The molecule has 0 spiro atoms. The summed E-state index contributed by atoms with van der Waals surface area (Å²) in [5.74, 6) is 0.826. The Bertz CT molecular complexity index is 571. The van der Waals surface area contributed by atoms with Crippen molar-refractivity contribution in [2.45, 2.75) is 72.9 Å². The van der Waals surface area contributed by atoms with Crippen LogP contribution in [0.4, 0.5) is 5.69 Å². The van der Waals surface area contributed by atoms with E-state index in [0.717, 1.165) is 24.9 Å².